The largest absolute Gasteiger partial charge is 0.481 e. The predicted molar refractivity (Wildman–Crippen MR) is 146 cm³/mol. The van der Waals surface area contributed by atoms with Crippen molar-refractivity contribution in [1.82, 2.24) is 15.4 Å². The van der Waals surface area contributed by atoms with E-state index < -0.39 is 13.5 Å². The molecule has 1 amide bonds. The van der Waals surface area contributed by atoms with Crippen LogP contribution in [-0.2, 0) is 31.4 Å². The number of aliphatic hydroxyl groups excluding tert-OH is 1. The van der Waals surface area contributed by atoms with Crippen molar-refractivity contribution < 1.29 is 33.5 Å². The fourth-order valence-electron chi connectivity index (χ4n) is 4.00. The smallest absolute Gasteiger partial charge is 0.367 e. The van der Waals surface area contributed by atoms with Gasteiger partial charge >= 0.3 is 7.60 Å². The highest BCUT2D eigenvalue weighted by Crippen LogP contribution is 2.48. The monoisotopic (exact) mass is 545 g/mol. The van der Waals surface area contributed by atoms with E-state index in [1.165, 1.54) is 6.08 Å². The Kier molecular flexibility index (Phi) is 11.5. The quantitative estimate of drug-likeness (QED) is 0.0905. The molecule has 38 heavy (non-hydrogen) atoms. The number of fused-ring (bicyclic) bond motifs is 1. The van der Waals surface area contributed by atoms with Crippen LogP contribution in [0.3, 0.4) is 0 Å². The summed E-state index contributed by atoms with van der Waals surface area (Å²) in [5.74, 6) is -0.00835. The van der Waals surface area contributed by atoms with Gasteiger partial charge in [0.05, 0.1) is 19.8 Å². The second-order valence-electron chi connectivity index (χ2n) is 8.54. The Bertz CT molecular complexity index is 1230. The number of carbonyl (C=O) groups is 1. The summed E-state index contributed by atoms with van der Waals surface area (Å²) in [5.41, 5.74) is 5.55. The van der Waals surface area contributed by atoms with Gasteiger partial charge in [-0.2, -0.15) is 0 Å². The molecule has 0 atom stereocenters. The van der Waals surface area contributed by atoms with Gasteiger partial charge in [-0.05, 0) is 61.2 Å². The highest BCUT2D eigenvalue weighted by atomic mass is 31.2. The highest BCUT2D eigenvalue weighted by molar-refractivity contribution is 7.53. The number of carbonyl (C=O) groups excluding carboxylic acids is 1. The number of aromatic nitrogens is 1. The lowest BCUT2D eigenvalue weighted by atomic mass is 10.1. The fourth-order valence-corrected chi connectivity index (χ4v) is 5.32. The van der Waals surface area contributed by atoms with Gasteiger partial charge < -0.3 is 23.9 Å². The van der Waals surface area contributed by atoms with E-state index in [4.69, 9.17) is 19.0 Å². The standard InChI is InChI=1S/C27H36N3O7P/c1-3-36-38(34,37-4-2)20-35-24-10-11-26-25(17-24)23(18-28-26)13-14-30(15-16-31)19-22-7-5-21(6-8-22)9-12-27(32)29-33/h5-12,17-18,28,31,33H,3-4,13-16,19-20H2,1-2H3,(H,29,32)/b12-9+. The van der Waals surface area contributed by atoms with Crippen LogP contribution < -0.4 is 10.2 Å². The average Bonchev–Trinajstić information content (AvgIpc) is 3.32. The molecular weight excluding hydrogens is 509 g/mol. The van der Waals surface area contributed by atoms with Crippen LogP contribution in [0.5, 0.6) is 5.75 Å². The second kappa shape index (κ2) is 14.8. The van der Waals surface area contributed by atoms with Crippen molar-refractivity contribution >= 4 is 30.5 Å². The maximum atomic E-state index is 12.7. The summed E-state index contributed by atoms with van der Waals surface area (Å²) in [7, 11) is -3.31. The second-order valence-corrected chi connectivity index (χ2v) is 10.5. The summed E-state index contributed by atoms with van der Waals surface area (Å²) in [6.07, 6.45) is 5.43. The molecule has 1 aromatic heterocycles. The molecule has 0 unspecified atom stereocenters. The lowest BCUT2D eigenvalue weighted by Gasteiger charge is -2.21. The molecule has 1 heterocycles. The summed E-state index contributed by atoms with van der Waals surface area (Å²) in [6, 6.07) is 13.4. The Morgan fingerprint density at radius 3 is 2.50 bits per heavy atom. The average molecular weight is 546 g/mol. The topological polar surface area (TPSA) is 133 Å². The van der Waals surface area contributed by atoms with Gasteiger partial charge in [0.15, 0.2) is 6.35 Å². The van der Waals surface area contributed by atoms with Crippen LogP contribution in [0.15, 0.2) is 54.7 Å². The van der Waals surface area contributed by atoms with Crippen molar-refractivity contribution in [1.29, 1.82) is 0 Å². The van der Waals surface area contributed by atoms with Crippen molar-refractivity contribution in [2.45, 2.75) is 26.8 Å². The third kappa shape index (κ3) is 8.80. The molecule has 10 nitrogen and oxygen atoms in total. The molecule has 4 N–H and O–H groups in total. The molecule has 3 rings (SSSR count). The van der Waals surface area contributed by atoms with E-state index in [0.29, 0.717) is 18.8 Å². The molecule has 0 spiro atoms. The number of rotatable bonds is 16. The zero-order chi connectivity index (χ0) is 27.4. The minimum absolute atomic E-state index is 0.0443. The number of nitrogens with one attached hydrogen (secondary N) is 2. The number of hydrogen-bond donors (Lipinski definition) is 4. The first-order valence-electron chi connectivity index (χ1n) is 12.5. The molecule has 0 bridgehead atoms. The van der Waals surface area contributed by atoms with Gasteiger partial charge in [-0.1, -0.05) is 24.3 Å². The summed E-state index contributed by atoms with van der Waals surface area (Å²) < 4.78 is 29.1. The first kappa shape index (κ1) is 29.6. The maximum absolute atomic E-state index is 12.7. The number of aromatic amines is 1. The molecule has 11 heteroatoms. The number of nitrogens with zero attached hydrogens (tertiary/aromatic N) is 1. The van der Waals surface area contributed by atoms with Gasteiger partial charge in [-0.25, -0.2) is 5.48 Å². The molecule has 0 saturated carbocycles. The van der Waals surface area contributed by atoms with E-state index in [-0.39, 0.29) is 26.2 Å². The predicted octanol–water partition coefficient (Wildman–Crippen LogP) is 4.33. The Labute approximate surface area is 222 Å². The van der Waals surface area contributed by atoms with Crippen LogP contribution >= 0.6 is 7.60 Å². The van der Waals surface area contributed by atoms with Gasteiger partial charge in [-0.3, -0.25) is 19.5 Å². The first-order chi connectivity index (χ1) is 18.4. The molecule has 0 radical (unpaired) electrons. The molecule has 206 valence electrons. The Balaban J connectivity index is 1.64. The SMILES string of the molecule is CCOP(=O)(COc1ccc2[nH]cc(CCN(CCO)Cc3ccc(/C=C/C(=O)NO)cc3)c2c1)OCC. The van der Waals surface area contributed by atoms with E-state index in [1.807, 2.05) is 48.7 Å². The van der Waals surface area contributed by atoms with Crippen LogP contribution in [0.25, 0.3) is 17.0 Å². The van der Waals surface area contributed by atoms with Crippen molar-refractivity contribution in [2.75, 3.05) is 39.3 Å². The van der Waals surface area contributed by atoms with Gasteiger partial charge in [0, 0.05) is 42.8 Å². The molecule has 0 fully saturated rings. The Hall–Kier alpha value is -2.98. The normalized spacial score (nSPS) is 12.0. The van der Waals surface area contributed by atoms with E-state index in [2.05, 4.69) is 9.88 Å². The summed E-state index contributed by atoms with van der Waals surface area (Å²) in [5, 5.41) is 19.2. The third-order valence-electron chi connectivity index (χ3n) is 5.82. The van der Waals surface area contributed by atoms with Crippen molar-refractivity contribution in [3.8, 4) is 5.75 Å². The van der Waals surface area contributed by atoms with Crippen LogP contribution in [0.4, 0.5) is 0 Å². The molecule has 0 aliphatic rings. The number of amides is 1. The first-order valence-corrected chi connectivity index (χ1v) is 14.3. The Morgan fingerprint density at radius 1 is 1.11 bits per heavy atom. The summed E-state index contributed by atoms with van der Waals surface area (Å²) in [4.78, 5) is 16.6. The summed E-state index contributed by atoms with van der Waals surface area (Å²) in [6.45, 7) is 6.02. The van der Waals surface area contributed by atoms with Crippen molar-refractivity contribution in [3.63, 3.8) is 0 Å². The summed E-state index contributed by atoms with van der Waals surface area (Å²) >= 11 is 0. The zero-order valence-corrected chi connectivity index (χ0v) is 22.7. The lowest BCUT2D eigenvalue weighted by molar-refractivity contribution is -0.124. The molecule has 0 aliphatic heterocycles. The Morgan fingerprint density at radius 2 is 1.84 bits per heavy atom. The van der Waals surface area contributed by atoms with Crippen molar-refractivity contribution in [3.05, 3.63) is 71.4 Å². The van der Waals surface area contributed by atoms with Crippen molar-refractivity contribution in [2.24, 2.45) is 0 Å². The number of aliphatic hydroxyl groups is 1. The minimum atomic E-state index is -3.31. The molecule has 0 aliphatic carbocycles. The van der Waals surface area contributed by atoms with Gasteiger partial charge in [0.25, 0.3) is 5.91 Å². The maximum Gasteiger partial charge on any atom is 0.367 e. The van der Waals surface area contributed by atoms with Crippen LogP contribution in [0, 0.1) is 0 Å². The van der Waals surface area contributed by atoms with Crippen LogP contribution in [0.2, 0.25) is 0 Å². The van der Waals surface area contributed by atoms with E-state index in [1.54, 1.807) is 25.4 Å². The van der Waals surface area contributed by atoms with Gasteiger partial charge in [0.2, 0.25) is 0 Å². The van der Waals surface area contributed by atoms with Crippen LogP contribution in [-0.4, -0.2) is 65.4 Å². The molecule has 0 saturated heterocycles. The van der Waals surface area contributed by atoms with Gasteiger partial charge in [0.1, 0.15) is 5.75 Å². The zero-order valence-electron chi connectivity index (χ0n) is 21.8. The number of hydrogen-bond acceptors (Lipinski definition) is 8. The number of benzene rings is 2. The lowest BCUT2D eigenvalue weighted by Crippen LogP contribution is -2.28. The number of H-pyrrole nitrogens is 1. The molecule has 3 aromatic rings. The fraction of sp³-hybridized carbons (Fsp3) is 0.370. The number of ether oxygens (including phenoxy) is 1. The molecule has 2 aromatic carbocycles. The minimum Gasteiger partial charge on any atom is -0.481 e. The highest BCUT2D eigenvalue weighted by Gasteiger charge is 2.24. The molecular formula is C27H36N3O7P. The van der Waals surface area contributed by atoms with Crippen LogP contribution in [0.1, 0.15) is 30.5 Å². The van der Waals surface area contributed by atoms with E-state index >= 15 is 0 Å². The number of hydroxylamine groups is 1. The van der Waals surface area contributed by atoms with E-state index in [9.17, 15) is 14.5 Å². The van der Waals surface area contributed by atoms with E-state index in [0.717, 1.165) is 40.6 Å². The third-order valence-corrected chi connectivity index (χ3v) is 7.57. The van der Waals surface area contributed by atoms with Gasteiger partial charge in [-0.15, -0.1) is 0 Å².